The number of hydrogen-bond donors (Lipinski definition) is 1. The van der Waals surface area contributed by atoms with Crippen LogP contribution in [0, 0.1) is 0 Å². The summed E-state index contributed by atoms with van der Waals surface area (Å²) in [6.45, 7) is 0. The normalized spacial score (nSPS) is 12.6. The van der Waals surface area contributed by atoms with Crippen LogP contribution in [0.25, 0.3) is 38.2 Å². The molecular weight excluding hydrogens is 537 g/mol. The average Bonchev–Trinajstić information content (AvgIpc) is 3.06. The van der Waals surface area contributed by atoms with Crippen LogP contribution in [0.3, 0.4) is 0 Å². The van der Waals surface area contributed by atoms with Gasteiger partial charge in [0, 0.05) is 0 Å². The van der Waals surface area contributed by atoms with Gasteiger partial charge >= 0.3 is 0 Å². The number of fused-ring (bicyclic) bond motifs is 2. The third kappa shape index (κ3) is 7.69. The summed E-state index contributed by atoms with van der Waals surface area (Å²) in [5.41, 5.74) is 13.2. The van der Waals surface area contributed by atoms with E-state index < -0.39 is 0 Å². The Labute approximate surface area is 259 Å². The molecule has 2 N–H and O–H groups in total. The molecule has 0 fully saturated rings. The van der Waals surface area contributed by atoms with E-state index >= 15 is 0 Å². The fourth-order valence-corrected chi connectivity index (χ4v) is 5.84. The summed E-state index contributed by atoms with van der Waals surface area (Å²) in [5.74, 6) is 0. The smallest absolute Gasteiger partial charge is 0.00266 e. The van der Waals surface area contributed by atoms with Crippen molar-refractivity contribution in [2.45, 2.75) is 25.7 Å². The molecule has 1 nitrogen and oxygen atoms in total. The highest BCUT2D eigenvalue weighted by atomic mass is 31.0. The average molecular weight is 578 g/mol. The second kappa shape index (κ2) is 15.7. The number of benzene rings is 5. The van der Waals surface area contributed by atoms with Gasteiger partial charge in [-0.1, -0.05) is 146 Å². The van der Waals surface area contributed by atoms with Gasteiger partial charge in [0.2, 0.25) is 0 Å². The van der Waals surface area contributed by atoms with Crippen molar-refractivity contribution in [1.82, 2.24) is 0 Å². The molecular formula is C41H40NP. The number of allylic oxidation sites excluding steroid dienone is 9. The summed E-state index contributed by atoms with van der Waals surface area (Å²) in [7, 11) is 2.83. The Bertz CT molecular complexity index is 1750. The summed E-state index contributed by atoms with van der Waals surface area (Å²) in [6.07, 6.45) is 23.8. The fourth-order valence-electron chi connectivity index (χ4n) is 5.67. The molecule has 0 aliphatic heterocycles. The van der Waals surface area contributed by atoms with Crippen LogP contribution >= 0.6 is 9.24 Å². The molecule has 5 aromatic carbocycles. The van der Waals surface area contributed by atoms with Gasteiger partial charge in [0.05, 0.1) is 0 Å². The Kier molecular flexibility index (Phi) is 11.0. The minimum atomic E-state index is 0.886. The van der Waals surface area contributed by atoms with E-state index in [1.54, 1.807) is 6.20 Å². The van der Waals surface area contributed by atoms with Gasteiger partial charge in [0.15, 0.2) is 0 Å². The highest BCUT2D eigenvalue weighted by Crippen LogP contribution is 2.39. The second-order valence-corrected chi connectivity index (χ2v) is 11.2. The first-order valence-electron chi connectivity index (χ1n) is 15.1. The van der Waals surface area contributed by atoms with Crippen molar-refractivity contribution in [2.75, 3.05) is 6.16 Å². The molecule has 0 radical (unpaired) electrons. The predicted octanol–water partition coefficient (Wildman–Crippen LogP) is 10.6. The maximum absolute atomic E-state index is 5.44. The van der Waals surface area contributed by atoms with Gasteiger partial charge in [-0.05, 0) is 99.1 Å². The van der Waals surface area contributed by atoms with Gasteiger partial charge in [-0.15, -0.1) is 9.24 Å². The van der Waals surface area contributed by atoms with Crippen molar-refractivity contribution < 1.29 is 0 Å². The van der Waals surface area contributed by atoms with Crippen LogP contribution in [0.4, 0.5) is 0 Å². The highest BCUT2D eigenvalue weighted by molar-refractivity contribution is 7.16. The SMILES string of the molecule is N/C=C\C=C/Cc1cccc(C(/C=C\C/C=C\Cc2c3ccccc3c(-c3ccccc3)c3ccccc23)=C/CCP)c1. The van der Waals surface area contributed by atoms with Gasteiger partial charge in [-0.2, -0.15) is 0 Å². The zero-order valence-electron chi connectivity index (χ0n) is 24.7. The number of hydrogen-bond acceptors (Lipinski definition) is 1. The molecule has 1 atom stereocenters. The van der Waals surface area contributed by atoms with E-state index in [2.05, 4.69) is 149 Å². The zero-order chi connectivity index (χ0) is 29.7. The zero-order valence-corrected chi connectivity index (χ0v) is 25.9. The van der Waals surface area contributed by atoms with Crippen molar-refractivity contribution in [3.63, 3.8) is 0 Å². The first kappa shape index (κ1) is 30.0. The van der Waals surface area contributed by atoms with Crippen molar-refractivity contribution in [3.05, 3.63) is 175 Å². The third-order valence-corrected chi connectivity index (χ3v) is 8.00. The Balaban J connectivity index is 1.36. The van der Waals surface area contributed by atoms with Crippen LogP contribution in [0.2, 0.25) is 0 Å². The predicted molar refractivity (Wildman–Crippen MR) is 193 cm³/mol. The first-order valence-corrected chi connectivity index (χ1v) is 15.9. The van der Waals surface area contributed by atoms with Crippen molar-refractivity contribution >= 4 is 36.4 Å². The molecule has 5 rings (SSSR count). The molecule has 0 spiro atoms. The lowest BCUT2D eigenvalue weighted by atomic mass is 9.87. The molecule has 0 aliphatic rings. The Morgan fingerprint density at radius 3 is 2.05 bits per heavy atom. The van der Waals surface area contributed by atoms with Crippen LogP contribution in [-0.2, 0) is 12.8 Å². The van der Waals surface area contributed by atoms with E-state index in [9.17, 15) is 0 Å². The van der Waals surface area contributed by atoms with Crippen molar-refractivity contribution in [2.24, 2.45) is 5.73 Å². The molecule has 0 saturated heterocycles. The molecule has 0 bridgehead atoms. The van der Waals surface area contributed by atoms with Gasteiger partial charge in [-0.25, -0.2) is 0 Å². The summed E-state index contributed by atoms with van der Waals surface area (Å²) < 4.78 is 0. The lowest BCUT2D eigenvalue weighted by Crippen LogP contribution is -1.92. The van der Waals surface area contributed by atoms with Crippen LogP contribution in [0.5, 0.6) is 0 Å². The van der Waals surface area contributed by atoms with Crippen LogP contribution in [-0.4, -0.2) is 6.16 Å². The molecule has 0 heterocycles. The molecule has 0 saturated carbocycles. The summed E-state index contributed by atoms with van der Waals surface area (Å²) >= 11 is 0. The number of rotatable bonds is 12. The minimum absolute atomic E-state index is 0.886. The Morgan fingerprint density at radius 1 is 0.651 bits per heavy atom. The summed E-state index contributed by atoms with van der Waals surface area (Å²) in [5, 5.41) is 5.29. The molecule has 2 heteroatoms. The van der Waals surface area contributed by atoms with E-state index in [1.807, 2.05) is 12.2 Å². The maximum Gasteiger partial charge on any atom is -0.00266 e. The lowest BCUT2D eigenvalue weighted by Gasteiger charge is -2.16. The molecule has 5 aromatic rings. The van der Waals surface area contributed by atoms with Crippen LogP contribution in [0.15, 0.2) is 158 Å². The highest BCUT2D eigenvalue weighted by Gasteiger charge is 2.14. The monoisotopic (exact) mass is 577 g/mol. The van der Waals surface area contributed by atoms with Crippen LogP contribution in [0.1, 0.15) is 29.5 Å². The fraction of sp³-hybridized carbons (Fsp3) is 0.122. The van der Waals surface area contributed by atoms with E-state index in [0.717, 1.165) is 31.8 Å². The van der Waals surface area contributed by atoms with Gasteiger partial charge in [0.25, 0.3) is 0 Å². The quantitative estimate of drug-likeness (QED) is 0.0679. The Morgan fingerprint density at radius 2 is 1.35 bits per heavy atom. The van der Waals surface area contributed by atoms with Gasteiger partial charge in [0.1, 0.15) is 0 Å². The molecule has 43 heavy (non-hydrogen) atoms. The summed E-state index contributed by atoms with van der Waals surface area (Å²) in [4.78, 5) is 0. The first-order chi connectivity index (χ1) is 21.3. The molecule has 0 amide bonds. The standard InChI is InChI=1S/C41H40NP/c42-29-14-4-5-17-32-18-15-22-35(31-32)33(23-16-30-43)19-6-1-2-9-24-36-37-25-10-12-27-39(37)41(34-20-7-3-8-21-34)40-28-13-11-26-38(36)40/h2-15,18-23,25-29,31H,1,16-17,24,30,42-43H2/b5-4-,9-2-,19-6-,29-14-,33-23+. The van der Waals surface area contributed by atoms with Crippen molar-refractivity contribution in [1.29, 1.82) is 0 Å². The molecule has 0 aromatic heterocycles. The molecule has 214 valence electrons. The number of nitrogens with two attached hydrogens (primary N) is 1. The topological polar surface area (TPSA) is 26.0 Å². The van der Waals surface area contributed by atoms with E-state index in [4.69, 9.17) is 5.73 Å². The molecule has 0 aliphatic carbocycles. The Hall–Kier alpha value is -4.45. The van der Waals surface area contributed by atoms with E-state index in [1.165, 1.54) is 54.9 Å². The van der Waals surface area contributed by atoms with Gasteiger partial charge < -0.3 is 5.73 Å². The largest absolute Gasteiger partial charge is 0.405 e. The second-order valence-electron chi connectivity index (χ2n) is 10.6. The van der Waals surface area contributed by atoms with E-state index in [-0.39, 0.29) is 0 Å². The van der Waals surface area contributed by atoms with Crippen LogP contribution < -0.4 is 5.73 Å². The summed E-state index contributed by atoms with van der Waals surface area (Å²) in [6, 6.07) is 37.3. The van der Waals surface area contributed by atoms with E-state index in [0.29, 0.717) is 0 Å². The lowest BCUT2D eigenvalue weighted by molar-refractivity contribution is 1.24. The third-order valence-electron chi connectivity index (χ3n) is 7.67. The van der Waals surface area contributed by atoms with Crippen molar-refractivity contribution in [3.8, 4) is 11.1 Å². The minimum Gasteiger partial charge on any atom is -0.405 e. The van der Waals surface area contributed by atoms with Gasteiger partial charge in [-0.3, -0.25) is 0 Å². The molecule has 1 unspecified atom stereocenters. The maximum atomic E-state index is 5.44.